The highest BCUT2D eigenvalue weighted by Crippen LogP contribution is 1.84. The summed E-state index contributed by atoms with van der Waals surface area (Å²) in [5, 5.41) is 9.93. The summed E-state index contributed by atoms with van der Waals surface area (Å²) < 4.78 is 4.21. The van der Waals surface area contributed by atoms with Crippen LogP contribution >= 0.6 is 0 Å². The average Bonchev–Trinajstić information content (AvgIpc) is 1.84. The summed E-state index contributed by atoms with van der Waals surface area (Å²) in [7, 11) is 0. The van der Waals surface area contributed by atoms with E-state index < -0.39 is 24.2 Å². The number of amides is 2. The zero-order chi connectivity index (χ0) is 9.72. The topological polar surface area (TPSA) is 119 Å². The van der Waals surface area contributed by atoms with Crippen molar-refractivity contribution < 1.29 is 24.2 Å². The van der Waals surface area contributed by atoms with Crippen molar-refractivity contribution in [2.75, 3.05) is 0 Å². The Hall–Kier alpha value is -1.79. The second kappa shape index (κ2) is 4.16. The summed E-state index contributed by atoms with van der Waals surface area (Å²) in [4.78, 5) is 30.4. The Labute approximate surface area is 67.5 Å². The number of ether oxygens (including phenoxy) is 1. The SMILES string of the molecule is CC(NC(=O)C(=O)O)OC(N)=O. The fraction of sp³-hybridized carbons (Fsp3) is 0.400. The Bertz CT molecular complexity index is 214. The molecule has 0 spiro atoms. The molecule has 0 aromatic carbocycles. The number of carboxylic acids is 1. The third-order valence-corrected chi connectivity index (χ3v) is 0.822. The van der Waals surface area contributed by atoms with Crippen LogP contribution in [0.3, 0.4) is 0 Å². The standard InChI is InChI=1S/C5H8N2O5/c1-2(12-5(6)11)7-3(8)4(9)10/h2H,1H3,(H2,6,11)(H,7,8)(H,9,10). The Balaban J connectivity index is 3.84. The Kier molecular flexibility index (Phi) is 3.54. The molecule has 0 aliphatic rings. The van der Waals surface area contributed by atoms with Gasteiger partial charge in [0.2, 0.25) is 0 Å². The third kappa shape index (κ3) is 4.09. The predicted octanol–water partition coefficient (Wildman–Crippen LogP) is -1.37. The molecule has 0 bridgehead atoms. The van der Waals surface area contributed by atoms with Gasteiger partial charge >= 0.3 is 18.0 Å². The number of hydrogen-bond acceptors (Lipinski definition) is 4. The first-order chi connectivity index (χ1) is 5.43. The van der Waals surface area contributed by atoms with Crippen molar-refractivity contribution >= 4 is 18.0 Å². The van der Waals surface area contributed by atoms with Crippen LogP contribution in [-0.2, 0) is 14.3 Å². The predicted molar refractivity (Wildman–Crippen MR) is 35.9 cm³/mol. The van der Waals surface area contributed by atoms with E-state index in [1.54, 1.807) is 0 Å². The minimum absolute atomic E-state index is 1.05. The molecule has 0 fully saturated rings. The van der Waals surface area contributed by atoms with Crippen molar-refractivity contribution in [2.24, 2.45) is 5.73 Å². The quantitative estimate of drug-likeness (QED) is 0.354. The molecule has 0 aliphatic heterocycles. The highest BCUT2D eigenvalue weighted by Gasteiger charge is 2.15. The Morgan fingerprint density at radius 2 is 2.00 bits per heavy atom. The van der Waals surface area contributed by atoms with Gasteiger partial charge in [-0.15, -0.1) is 0 Å². The van der Waals surface area contributed by atoms with Crippen LogP contribution < -0.4 is 11.1 Å². The number of carbonyl (C=O) groups excluding carboxylic acids is 2. The number of rotatable bonds is 2. The van der Waals surface area contributed by atoms with Crippen molar-refractivity contribution in [3.05, 3.63) is 0 Å². The van der Waals surface area contributed by atoms with Gasteiger partial charge in [0, 0.05) is 0 Å². The van der Waals surface area contributed by atoms with Crippen LogP contribution in [-0.4, -0.2) is 29.3 Å². The van der Waals surface area contributed by atoms with E-state index in [2.05, 4.69) is 10.5 Å². The summed E-state index contributed by atoms with van der Waals surface area (Å²) in [6.45, 7) is 1.27. The Morgan fingerprint density at radius 3 is 2.33 bits per heavy atom. The first-order valence-corrected chi connectivity index (χ1v) is 2.93. The summed E-state index contributed by atoms with van der Waals surface area (Å²) in [6.07, 6.45) is -2.14. The second-order valence-electron chi connectivity index (χ2n) is 1.86. The van der Waals surface area contributed by atoms with E-state index in [1.165, 1.54) is 6.92 Å². The summed E-state index contributed by atoms with van der Waals surface area (Å²) >= 11 is 0. The van der Waals surface area contributed by atoms with Crippen LogP contribution in [0.5, 0.6) is 0 Å². The molecule has 7 nitrogen and oxygen atoms in total. The minimum atomic E-state index is -1.66. The maximum atomic E-state index is 10.4. The first kappa shape index (κ1) is 10.2. The molecule has 12 heavy (non-hydrogen) atoms. The lowest BCUT2D eigenvalue weighted by atomic mass is 10.5. The monoisotopic (exact) mass is 176 g/mol. The number of aliphatic carboxylic acids is 1. The molecule has 0 saturated heterocycles. The molecule has 2 amide bonds. The van der Waals surface area contributed by atoms with Gasteiger partial charge in [0.05, 0.1) is 0 Å². The van der Waals surface area contributed by atoms with Gasteiger partial charge in [-0.05, 0) is 6.92 Å². The molecule has 0 aromatic rings. The molecule has 0 aromatic heterocycles. The maximum Gasteiger partial charge on any atom is 0.406 e. The van der Waals surface area contributed by atoms with E-state index in [-0.39, 0.29) is 0 Å². The van der Waals surface area contributed by atoms with Crippen LogP contribution in [0.25, 0.3) is 0 Å². The Morgan fingerprint density at radius 1 is 1.50 bits per heavy atom. The van der Waals surface area contributed by atoms with Crippen molar-refractivity contribution in [1.82, 2.24) is 5.32 Å². The molecule has 1 atom stereocenters. The normalized spacial score (nSPS) is 11.4. The lowest BCUT2D eigenvalue weighted by Gasteiger charge is -2.10. The van der Waals surface area contributed by atoms with Crippen molar-refractivity contribution in [3.63, 3.8) is 0 Å². The van der Waals surface area contributed by atoms with Crippen LogP contribution in [0.1, 0.15) is 6.92 Å². The van der Waals surface area contributed by atoms with Gasteiger partial charge in [0.1, 0.15) is 0 Å². The molecule has 7 heteroatoms. The molecule has 0 heterocycles. The van der Waals surface area contributed by atoms with E-state index in [0.29, 0.717) is 0 Å². The molecule has 0 rings (SSSR count). The van der Waals surface area contributed by atoms with E-state index in [1.807, 2.05) is 5.32 Å². The van der Waals surface area contributed by atoms with E-state index >= 15 is 0 Å². The maximum absolute atomic E-state index is 10.4. The van der Waals surface area contributed by atoms with Gasteiger partial charge in [0.15, 0.2) is 6.23 Å². The number of nitrogens with one attached hydrogen (secondary N) is 1. The van der Waals surface area contributed by atoms with E-state index in [4.69, 9.17) is 5.11 Å². The van der Waals surface area contributed by atoms with Crippen LogP contribution in [0, 0.1) is 0 Å². The van der Waals surface area contributed by atoms with Gasteiger partial charge in [-0.2, -0.15) is 0 Å². The lowest BCUT2D eigenvalue weighted by molar-refractivity contribution is -0.151. The second-order valence-corrected chi connectivity index (χ2v) is 1.86. The number of carbonyl (C=O) groups is 3. The first-order valence-electron chi connectivity index (χ1n) is 2.93. The van der Waals surface area contributed by atoms with Gasteiger partial charge in [0.25, 0.3) is 0 Å². The molecule has 1 unspecified atom stereocenters. The number of carboxylic acid groups (broad SMARTS) is 1. The molecule has 0 saturated carbocycles. The fourth-order valence-corrected chi connectivity index (χ4v) is 0.450. The largest absolute Gasteiger partial charge is 0.474 e. The van der Waals surface area contributed by atoms with Crippen molar-refractivity contribution in [2.45, 2.75) is 13.2 Å². The molecule has 0 aliphatic carbocycles. The van der Waals surface area contributed by atoms with Gasteiger partial charge < -0.3 is 20.9 Å². The van der Waals surface area contributed by atoms with Gasteiger partial charge in [-0.1, -0.05) is 0 Å². The van der Waals surface area contributed by atoms with E-state index in [0.717, 1.165) is 0 Å². The summed E-state index contributed by atoms with van der Waals surface area (Å²) in [6, 6.07) is 0. The average molecular weight is 176 g/mol. The minimum Gasteiger partial charge on any atom is -0.474 e. The van der Waals surface area contributed by atoms with Gasteiger partial charge in [-0.25, -0.2) is 9.59 Å². The molecule has 4 N–H and O–H groups in total. The highest BCUT2D eigenvalue weighted by atomic mass is 16.6. The fourth-order valence-electron chi connectivity index (χ4n) is 0.450. The van der Waals surface area contributed by atoms with E-state index in [9.17, 15) is 14.4 Å². The van der Waals surface area contributed by atoms with Crippen molar-refractivity contribution in [3.8, 4) is 0 Å². The third-order valence-electron chi connectivity index (χ3n) is 0.822. The molecular formula is C5H8N2O5. The number of hydrogen-bond donors (Lipinski definition) is 3. The number of nitrogens with two attached hydrogens (primary N) is 1. The van der Waals surface area contributed by atoms with Crippen LogP contribution in [0.2, 0.25) is 0 Å². The van der Waals surface area contributed by atoms with Crippen LogP contribution in [0.15, 0.2) is 0 Å². The highest BCUT2D eigenvalue weighted by molar-refractivity contribution is 6.31. The van der Waals surface area contributed by atoms with Crippen molar-refractivity contribution in [1.29, 1.82) is 0 Å². The van der Waals surface area contributed by atoms with Crippen LogP contribution in [0.4, 0.5) is 4.79 Å². The zero-order valence-corrected chi connectivity index (χ0v) is 6.23. The zero-order valence-electron chi connectivity index (χ0n) is 6.23. The lowest BCUT2D eigenvalue weighted by Crippen LogP contribution is -2.40. The summed E-state index contributed by atoms with van der Waals surface area (Å²) in [5.41, 5.74) is 4.59. The molecule has 68 valence electrons. The molecular weight excluding hydrogens is 168 g/mol. The van der Waals surface area contributed by atoms with Gasteiger partial charge in [-0.3, -0.25) is 4.79 Å². The number of primary amides is 1. The smallest absolute Gasteiger partial charge is 0.406 e. The summed E-state index contributed by atoms with van der Waals surface area (Å²) in [5.74, 6) is -2.92. The molecule has 0 radical (unpaired) electrons.